The van der Waals surface area contributed by atoms with Gasteiger partial charge < -0.3 is 15.4 Å². The van der Waals surface area contributed by atoms with E-state index in [1.165, 1.54) is 7.11 Å². The van der Waals surface area contributed by atoms with Gasteiger partial charge in [-0.15, -0.1) is 0 Å². The van der Waals surface area contributed by atoms with Gasteiger partial charge in [0.25, 0.3) is 0 Å². The zero-order valence-corrected chi connectivity index (χ0v) is 12.8. The van der Waals surface area contributed by atoms with E-state index in [1.54, 1.807) is 0 Å². The quantitative estimate of drug-likeness (QED) is 0.854. The molecule has 1 aromatic carbocycles. The molecule has 0 spiro atoms. The Balaban J connectivity index is 2.37. The number of benzene rings is 1. The fraction of sp³-hybridized carbons (Fsp3) is 0.250. The Labute approximate surface area is 128 Å². The van der Waals surface area contributed by atoms with Crippen LogP contribution in [0.2, 0.25) is 0 Å². The molecule has 21 heavy (non-hydrogen) atoms. The molecule has 0 aliphatic heterocycles. The molecule has 0 aliphatic carbocycles. The van der Waals surface area contributed by atoms with Gasteiger partial charge in [-0.25, -0.2) is 8.78 Å². The molecular weight excluding hydrogens is 348 g/mol. The molecule has 0 fully saturated rings. The number of rotatable bonds is 5. The van der Waals surface area contributed by atoms with E-state index in [4.69, 9.17) is 4.74 Å². The van der Waals surface area contributed by atoms with Crippen LogP contribution in [0.15, 0.2) is 16.6 Å². The lowest BCUT2D eigenvalue weighted by Gasteiger charge is -2.10. The molecule has 0 bridgehead atoms. The molecule has 2 rings (SSSR count). The smallest absolute Gasteiger partial charge is 0.322 e. The summed E-state index contributed by atoms with van der Waals surface area (Å²) in [6.45, 7) is 2.44. The molecule has 6 nitrogen and oxygen atoms in total. The topological polar surface area (TPSA) is 72.0 Å². The van der Waals surface area contributed by atoms with Crippen molar-refractivity contribution in [2.24, 2.45) is 0 Å². The highest BCUT2D eigenvalue weighted by Gasteiger charge is 2.14. The third-order valence-electron chi connectivity index (χ3n) is 2.38. The SMILES string of the molecule is CCNc1nc(Nc2c(F)cc(Br)cc2F)nc(OC)n1. The minimum atomic E-state index is -0.772. The van der Waals surface area contributed by atoms with Gasteiger partial charge in [-0.3, -0.25) is 0 Å². The Bertz CT molecular complexity index is 633. The van der Waals surface area contributed by atoms with Crippen LogP contribution in [0.25, 0.3) is 0 Å². The van der Waals surface area contributed by atoms with E-state index >= 15 is 0 Å². The molecule has 1 aromatic heterocycles. The van der Waals surface area contributed by atoms with Gasteiger partial charge in [0.1, 0.15) is 5.69 Å². The molecule has 0 atom stereocenters. The van der Waals surface area contributed by atoms with Crippen LogP contribution in [0.3, 0.4) is 0 Å². The second-order valence-electron chi connectivity index (χ2n) is 3.87. The Hall–Kier alpha value is -2.03. The van der Waals surface area contributed by atoms with Gasteiger partial charge >= 0.3 is 6.01 Å². The number of methoxy groups -OCH3 is 1. The van der Waals surface area contributed by atoms with E-state index in [0.29, 0.717) is 11.0 Å². The predicted molar refractivity (Wildman–Crippen MR) is 77.9 cm³/mol. The summed E-state index contributed by atoms with van der Waals surface area (Å²) in [4.78, 5) is 11.8. The monoisotopic (exact) mass is 359 g/mol. The van der Waals surface area contributed by atoms with Crippen molar-refractivity contribution in [1.82, 2.24) is 15.0 Å². The van der Waals surface area contributed by atoms with Crippen LogP contribution in [-0.4, -0.2) is 28.6 Å². The molecule has 2 aromatic rings. The van der Waals surface area contributed by atoms with Crippen LogP contribution < -0.4 is 15.4 Å². The van der Waals surface area contributed by atoms with E-state index in [0.717, 1.165) is 12.1 Å². The lowest BCUT2D eigenvalue weighted by atomic mass is 10.3. The number of hydrogen-bond acceptors (Lipinski definition) is 6. The van der Waals surface area contributed by atoms with Crippen LogP contribution in [0.5, 0.6) is 6.01 Å². The van der Waals surface area contributed by atoms with E-state index in [2.05, 4.69) is 41.5 Å². The van der Waals surface area contributed by atoms with Crippen molar-refractivity contribution in [3.8, 4) is 6.01 Å². The second-order valence-corrected chi connectivity index (χ2v) is 4.78. The van der Waals surface area contributed by atoms with Crippen molar-refractivity contribution in [1.29, 1.82) is 0 Å². The highest BCUT2D eigenvalue weighted by atomic mass is 79.9. The molecule has 0 aliphatic rings. The van der Waals surface area contributed by atoms with E-state index in [9.17, 15) is 8.78 Å². The van der Waals surface area contributed by atoms with Crippen LogP contribution in [0, 0.1) is 11.6 Å². The first-order chi connectivity index (χ1) is 10.0. The zero-order valence-electron chi connectivity index (χ0n) is 11.2. The third kappa shape index (κ3) is 3.75. The fourth-order valence-electron chi connectivity index (χ4n) is 1.51. The zero-order chi connectivity index (χ0) is 15.4. The molecule has 0 unspecified atom stereocenters. The molecule has 9 heteroatoms. The normalized spacial score (nSPS) is 10.3. The standard InChI is InChI=1S/C12H12BrF2N5O/c1-3-16-10-18-11(20-12(19-10)21-2)17-9-7(14)4-6(13)5-8(9)15/h4-5H,3H2,1-2H3,(H2,16,17,18,19,20). The van der Waals surface area contributed by atoms with Crippen LogP contribution in [0.4, 0.5) is 26.4 Å². The first kappa shape index (κ1) is 15.4. The van der Waals surface area contributed by atoms with Crippen molar-refractivity contribution in [2.45, 2.75) is 6.92 Å². The lowest BCUT2D eigenvalue weighted by Crippen LogP contribution is -2.09. The number of ether oxygens (including phenoxy) is 1. The van der Waals surface area contributed by atoms with E-state index in [-0.39, 0.29) is 23.6 Å². The summed E-state index contributed by atoms with van der Waals surface area (Å²) in [7, 11) is 1.38. The molecule has 112 valence electrons. The second kappa shape index (κ2) is 6.61. The van der Waals surface area contributed by atoms with Crippen molar-refractivity contribution < 1.29 is 13.5 Å². The number of aromatic nitrogens is 3. The van der Waals surface area contributed by atoms with Crippen molar-refractivity contribution in [2.75, 3.05) is 24.3 Å². The molecule has 0 saturated heterocycles. The Morgan fingerprint density at radius 2 is 1.76 bits per heavy atom. The molecule has 1 heterocycles. The van der Waals surface area contributed by atoms with Crippen LogP contribution >= 0.6 is 15.9 Å². The van der Waals surface area contributed by atoms with Crippen molar-refractivity contribution in [3.63, 3.8) is 0 Å². The Morgan fingerprint density at radius 1 is 1.14 bits per heavy atom. The maximum Gasteiger partial charge on any atom is 0.322 e. The van der Waals surface area contributed by atoms with Gasteiger partial charge in [0.2, 0.25) is 11.9 Å². The summed E-state index contributed by atoms with van der Waals surface area (Å²) in [5, 5.41) is 5.36. The minimum absolute atomic E-state index is 0.0291. The van der Waals surface area contributed by atoms with Crippen molar-refractivity contribution in [3.05, 3.63) is 28.2 Å². The summed E-state index contributed by atoms with van der Waals surface area (Å²) in [5.41, 5.74) is -0.353. The van der Waals surface area contributed by atoms with Gasteiger partial charge in [-0.1, -0.05) is 15.9 Å². The maximum absolute atomic E-state index is 13.8. The lowest BCUT2D eigenvalue weighted by molar-refractivity contribution is 0.379. The van der Waals surface area contributed by atoms with Gasteiger partial charge in [-0.05, 0) is 19.1 Å². The summed E-state index contributed by atoms with van der Waals surface area (Å²) in [5.74, 6) is -1.33. The average molecular weight is 360 g/mol. The van der Waals surface area contributed by atoms with Gasteiger partial charge in [0.05, 0.1) is 7.11 Å². The molecule has 2 N–H and O–H groups in total. The van der Waals surface area contributed by atoms with E-state index in [1.807, 2.05) is 6.92 Å². The largest absolute Gasteiger partial charge is 0.467 e. The number of halogens is 3. The summed E-state index contributed by atoms with van der Waals surface area (Å²) in [6, 6.07) is 2.30. The Morgan fingerprint density at radius 3 is 2.33 bits per heavy atom. The fourth-order valence-corrected chi connectivity index (χ4v) is 1.92. The number of hydrogen-bond donors (Lipinski definition) is 2. The van der Waals surface area contributed by atoms with Crippen LogP contribution in [0.1, 0.15) is 6.92 Å². The first-order valence-corrected chi connectivity index (χ1v) is 6.78. The molecular formula is C12H12BrF2N5O. The number of nitrogens with one attached hydrogen (secondary N) is 2. The summed E-state index contributed by atoms with van der Waals surface area (Å²) < 4.78 is 32.8. The molecule has 0 saturated carbocycles. The number of anilines is 3. The highest BCUT2D eigenvalue weighted by molar-refractivity contribution is 9.10. The highest BCUT2D eigenvalue weighted by Crippen LogP contribution is 2.26. The van der Waals surface area contributed by atoms with Crippen LogP contribution in [-0.2, 0) is 0 Å². The summed E-state index contributed by atoms with van der Waals surface area (Å²) >= 11 is 3.01. The maximum atomic E-state index is 13.8. The minimum Gasteiger partial charge on any atom is -0.467 e. The van der Waals surface area contributed by atoms with Gasteiger partial charge in [0.15, 0.2) is 11.6 Å². The van der Waals surface area contributed by atoms with Crippen molar-refractivity contribution >= 4 is 33.5 Å². The third-order valence-corrected chi connectivity index (χ3v) is 2.83. The number of nitrogens with zero attached hydrogens (tertiary/aromatic N) is 3. The molecule has 0 radical (unpaired) electrons. The van der Waals surface area contributed by atoms with Gasteiger partial charge in [0, 0.05) is 11.0 Å². The molecule has 0 amide bonds. The predicted octanol–water partition coefficient (Wildman–Crippen LogP) is 3.10. The van der Waals surface area contributed by atoms with Gasteiger partial charge in [-0.2, -0.15) is 15.0 Å². The average Bonchev–Trinajstić information content (AvgIpc) is 2.43. The van der Waals surface area contributed by atoms with E-state index < -0.39 is 11.6 Å². The summed E-state index contributed by atoms with van der Waals surface area (Å²) in [6.07, 6.45) is 0. The Kier molecular flexibility index (Phi) is 4.84. The first-order valence-electron chi connectivity index (χ1n) is 5.99.